The summed E-state index contributed by atoms with van der Waals surface area (Å²) in [5.74, 6) is 1.45. The van der Waals surface area contributed by atoms with Crippen molar-refractivity contribution in [3.05, 3.63) is 0 Å². The maximum absolute atomic E-state index is 12.2. The Morgan fingerprint density at radius 3 is 2.89 bits per heavy atom. The minimum atomic E-state index is -0.0718. The van der Waals surface area contributed by atoms with E-state index in [0.29, 0.717) is 25.0 Å². The van der Waals surface area contributed by atoms with Gasteiger partial charge in [-0.2, -0.15) is 0 Å². The molecule has 5 nitrogen and oxygen atoms in total. The molecule has 110 valence electrons. The maximum Gasteiger partial charge on any atom is 0.237 e. The fourth-order valence-corrected chi connectivity index (χ4v) is 3.68. The van der Waals surface area contributed by atoms with Crippen LogP contribution in [-0.4, -0.2) is 62.3 Å². The van der Waals surface area contributed by atoms with Crippen molar-refractivity contribution < 1.29 is 9.53 Å². The van der Waals surface area contributed by atoms with E-state index in [9.17, 15) is 4.79 Å². The lowest BCUT2D eigenvalue weighted by Crippen LogP contribution is -2.54. The zero-order valence-corrected chi connectivity index (χ0v) is 12.5. The van der Waals surface area contributed by atoms with Crippen LogP contribution in [0, 0.1) is 11.8 Å². The lowest BCUT2D eigenvalue weighted by Gasteiger charge is -2.39. The van der Waals surface area contributed by atoms with Gasteiger partial charge in [-0.15, -0.1) is 0 Å². The molecule has 2 rings (SSSR count). The van der Waals surface area contributed by atoms with E-state index in [2.05, 4.69) is 29.4 Å². The predicted octanol–water partition coefficient (Wildman–Crippen LogP) is 0.0673. The summed E-state index contributed by atoms with van der Waals surface area (Å²) in [7, 11) is 1.65. The van der Waals surface area contributed by atoms with Gasteiger partial charge in [-0.3, -0.25) is 9.69 Å². The Morgan fingerprint density at radius 2 is 2.26 bits per heavy atom. The Morgan fingerprint density at radius 1 is 1.53 bits per heavy atom. The van der Waals surface area contributed by atoms with Crippen LogP contribution in [0.3, 0.4) is 0 Å². The molecular formula is C14H27N3O2. The van der Waals surface area contributed by atoms with Crippen molar-refractivity contribution in [2.24, 2.45) is 11.8 Å². The standard InChI is InChI=1S/C14H27N3O2/c1-10(13(18)16-5-6-19-4)17-9-11-7-15-8-12(11)14(17,2)3/h10-12,15H,5-9H2,1-4H3,(H,16,18). The van der Waals surface area contributed by atoms with Crippen molar-refractivity contribution in [1.29, 1.82) is 0 Å². The highest BCUT2D eigenvalue weighted by molar-refractivity contribution is 5.81. The van der Waals surface area contributed by atoms with Crippen LogP contribution >= 0.6 is 0 Å². The van der Waals surface area contributed by atoms with E-state index < -0.39 is 0 Å². The van der Waals surface area contributed by atoms with E-state index >= 15 is 0 Å². The second-order valence-corrected chi connectivity index (χ2v) is 6.29. The normalized spacial score (nSPS) is 31.2. The number of carbonyl (C=O) groups excluding carboxylic acids is 1. The second kappa shape index (κ2) is 5.77. The number of fused-ring (bicyclic) bond motifs is 1. The molecule has 3 atom stereocenters. The largest absolute Gasteiger partial charge is 0.383 e. The second-order valence-electron chi connectivity index (χ2n) is 6.29. The van der Waals surface area contributed by atoms with Crippen LogP contribution < -0.4 is 10.6 Å². The lowest BCUT2D eigenvalue weighted by atomic mass is 9.84. The van der Waals surface area contributed by atoms with E-state index in [-0.39, 0.29) is 17.5 Å². The zero-order chi connectivity index (χ0) is 14.0. The average Bonchev–Trinajstić information content (AvgIpc) is 2.91. The van der Waals surface area contributed by atoms with Crippen LogP contribution in [-0.2, 0) is 9.53 Å². The number of carbonyl (C=O) groups is 1. The molecule has 2 aliphatic rings. The van der Waals surface area contributed by atoms with Crippen molar-refractivity contribution in [2.45, 2.75) is 32.4 Å². The number of hydrogen-bond acceptors (Lipinski definition) is 4. The molecule has 5 heteroatoms. The third-order valence-corrected chi connectivity index (χ3v) is 4.87. The Labute approximate surface area is 116 Å². The van der Waals surface area contributed by atoms with Gasteiger partial charge in [0.05, 0.1) is 12.6 Å². The molecule has 2 N–H and O–H groups in total. The molecule has 0 aromatic carbocycles. The third kappa shape index (κ3) is 2.78. The van der Waals surface area contributed by atoms with Gasteiger partial charge in [-0.25, -0.2) is 0 Å². The van der Waals surface area contributed by atoms with Gasteiger partial charge in [0.25, 0.3) is 0 Å². The van der Waals surface area contributed by atoms with Crippen LogP contribution in [0.5, 0.6) is 0 Å². The monoisotopic (exact) mass is 269 g/mol. The molecule has 0 radical (unpaired) electrons. The number of hydrogen-bond donors (Lipinski definition) is 2. The summed E-state index contributed by atoms with van der Waals surface area (Å²) in [4.78, 5) is 14.6. The predicted molar refractivity (Wildman–Crippen MR) is 75.0 cm³/mol. The SMILES string of the molecule is COCCNC(=O)C(C)N1CC2CNCC2C1(C)C. The van der Waals surface area contributed by atoms with E-state index in [1.165, 1.54) is 0 Å². The van der Waals surface area contributed by atoms with Gasteiger partial charge in [-0.05, 0) is 39.2 Å². The molecule has 2 fully saturated rings. The first-order valence-electron chi connectivity index (χ1n) is 7.22. The van der Waals surface area contributed by atoms with Crippen LogP contribution in [0.1, 0.15) is 20.8 Å². The lowest BCUT2D eigenvalue weighted by molar-refractivity contribution is -0.127. The van der Waals surface area contributed by atoms with Crippen LogP contribution in [0.2, 0.25) is 0 Å². The first kappa shape index (κ1) is 14.8. The van der Waals surface area contributed by atoms with Crippen LogP contribution in [0.25, 0.3) is 0 Å². The van der Waals surface area contributed by atoms with Gasteiger partial charge in [-0.1, -0.05) is 0 Å². The van der Waals surface area contributed by atoms with Gasteiger partial charge in [0.1, 0.15) is 0 Å². The summed E-state index contributed by atoms with van der Waals surface area (Å²) in [6.07, 6.45) is 0. The number of methoxy groups -OCH3 is 1. The molecule has 2 aliphatic heterocycles. The quantitative estimate of drug-likeness (QED) is 0.694. The highest BCUT2D eigenvalue weighted by atomic mass is 16.5. The van der Waals surface area contributed by atoms with Crippen molar-refractivity contribution >= 4 is 5.91 Å². The minimum Gasteiger partial charge on any atom is -0.383 e. The highest BCUT2D eigenvalue weighted by Crippen LogP contribution is 2.41. The Kier molecular flexibility index (Phi) is 4.48. The minimum absolute atomic E-state index is 0.0718. The molecule has 19 heavy (non-hydrogen) atoms. The number of rotatable bonds is 5. The number of likely N-dealkylation sites (tertiary alicyclic amines) is 1. The number of ether oxygens (including phenoxy) is 1. The topological polar surface area (TPSA) is 53.6 Å². The zero-order valence-electron chi connectivity index (χ0n) is 12.5. The van der Waals surface area contributed by atoms with E-state index in [1.807, 2.05) is 6.92 Å². The highest BCUT2D eigenvalue weighted by Gasteiger charge is 2.51. The molecular weight excluding hydrogens is 242 g/mol. The van der Waals surface area contributed by atoms with Crippen molar-refractivity contribution in [3.63, 3.8) is 0 Å². The fourth-order valence-electron chi connectivity index (χ4n) is 3.68. The molecule has 0 aliphatic carbocycles. The van der Waals surface area contributed by atoms with Crippen molar-refractivity contribution in [3.8, 4) is 0 Å². The molecule has 1 amide bonds. The molecule has 2 saturated heterocycles. The Hall–Kier alpha value is -0.650. The molecule has 2 heterocycles. The summed E-state index contributed by atoms with van der Waals surface area (Å²) in [6.45, 7) is 10.9. The fraction of sp³-hybridized carbons (Fsp3) is 0.929. The Balaban J connectivity index is 1.95. The summed E-state index contributed by atoms with van der Waals surface area (Å²) < 4.78 is 4.96. The van der Waals surface area contributed by atoms with Crippen molar-refractivity contribution in [1.82, 2.24) is 15.5 Å². The first-order valence-corrected chi connectivity index (χ1v) is 7.22. The summed E-state index contributed by atoms with van der Waals surface area (Å²) >= 11 is 0. The maximum atomic E-state index is 12.2. The van der Waals surface area contributed by atoms with Gasteiger partial charge < -0.3 is 15.4 Å². The third-order valence-electron chi connectivity index (χ3n) is 4.87. The van der Waals surface area contributed by atoms with Gasteiger partial charge in [0, 0.05) is 32.3 Å². The van der Waals surface area contributed by atoms with E-state index in [4.69, 9.17) is 4.74 Å². The molecule has 0 aromatic heterocycles. The van der Waals surface area contributed by atoms with Gasteiger partial charge in [0.15, 0.2) is 0 Å². The van der Waals surface area contributed by atoms with Crippen LogP contribution in [0.15, 0.2) is 0 Å². The first-order chi connectivity index (χ1) is 8.98. The van der Waals surface area contributed by atoms with E-state index in [1.54, 1.807) is 7.11 Å². The summed E-state index contributed by atoms with van der Waals surface area (Å²) in [5.41, 5.74) is 0.0895. The molecule has 3 unspecified atom stereocenters. The Bertz CT molecular complexity index is 333. The van der Waals surface area contributed by atoms with Crippen molar-refractivity contribution in [2.75, 3.05) is 39.9 Å². The summed E-state index contributed by atoms with van der Waals surface area (Å²) in [6, 6.07) is -0.0718. The smallest absolute Gasteiger partial charge is 0.237 e. The van der Waals surface area contributed by atoms with E-state index in [0.717, 1.165) is 19.6 Å². The van der Waals surface area contributed by atoms with Gasteiger partial charge in [0.2, 0.25) is 5.91 Å². The van der Waals surface area contributed by atoms with Crippen LogP contribution in [0.4, 0.5) is 0 Å². The molecule has 0 spiro atoms. The number of nitrogens with one attached hydrogen (secondary N) is 2. The molecule has 0 aromatic rings. The number of nitrogens with zero attached hydrogens (tertiary/aromatic N) is 1. The number of amides is 1. The average molecular weight is 269 g/mol. The molecule has 0 saturated carbocycles. The molecule has 0 bridgehead atoms. The van der Waals surface area contributed by atoms with Gasteiger partial charge >= 0.3 is 0 Å². The summed E-state index contributed by atoms with van der Waals surface area (Å²) in [5, 5.41) is 6.41.